The summed E-state index contributed by atoms with van der Waals surface area (Å²) in [5, 5.41) is 0.818. The van der Waals surface area contributed by atoms with E-state index in [1.165, 1.54) is 50.6 Å². The molecule has 2 N–H and O–H groups in total. The molecule has 0 amide bonds. The van der Waals surface area contributed by atoms with E-state index in [0.717, 1.165) is 29.2 Å². The van der Waals surface area contributed by atoms with Gasteiger partial charge in [0.05, 0.1) is 0 Å². The minimum absolute atomic E-state index is 0.753. The van der Waals surface area contributed by atoms with E-state index in [1.54, 1.807) is 0 Å². The van der Waals surface area contributed by atoms with E-state index in [1.807, 2.05) is 12.1 Å². The first-order chi connectivity index (χ1) is 9.24. The van der Waals surface area contributed by atoms with Crippen LogP contribution in [0.3, 0.4) is 0 Å². The van der Waals surface area contributed by atoms with Crippen molar-refractivity contribution < 1.29 is 0 Å². The van der Waals surface area contributed by atoms with Gasteiger partial charge in [-0.15, -0.1) is 0 Å². The number of fused-ring (bicyclic) bond motifs is 1. The Balaban J connectivity index is 1.74. The van der Waals surface area contributed by atoms with E-state index in [4.69, 9.17) is 17.3 Å². The number of hydrogen-bond donors (Lipinski definition) is 1. The lowest BCUT2D eigenvalue weighted by Crippen LogP contribution is -2.46. The topological polar surface area (TPSA) is 29.3 Å². The number of likely N-dealkylation sites (tertiary alicyclic amines) is 1. The molecule has 0 radical (unpaired) electrons. The fourth-order valence-electron chi connectivity index (χ4n) is 3.83. The van der Waals surface area contributed by atoms with Crippen molar-refractivity contribution in [2.24, 2.45) is 5.92 Å². The molecule has 3 rings (SSSR count). The van der Waals surface area contributed by atoms with Crippen LogP contribution in [0.1, 0.15) is 44.1 Å². The first-order valence-electron chi connectivity index (χ1n) is 7.52. The Kier molecular flexibility index (Phi) is 3.99. The second-order valence-corrected chi connectivity index (χ2v) is 6.48. The van der Waals surface area contributed by atoms with Gasteiger partial charge in [0.1, 0.15) is 0 Å². The average molecular weight is 279 g/mol. The van der Waals surface area contributed by atoms with Crippen LogP contribution in [0, 0.1) is 5.92 Å². The van der Waals surface area contributed by atoms with E-state index in [2.05, 4.69) is 11.0 Å². The molecule has 2 fully saturated rings. The Morgan fingerprint density at radius 2 is 1.95 bits per heavy atom. The zero-order chi connectivity index (χ0) is 13.2. The largest absolute Gasteiger partial charge is 0.399 e. The van der Waals surface area contributed by atoms with Crippen molar-refractivity contribution in [3.05, 3.63) is 28.8 Å². The van der Waals surface area contributed by atoms with Crippen molar-refractivity contribution >= 4 is 17.3 Å². The van der Waals surface area contributed by atoms with Crippen molar-refractivity contribution in [3.8, 4) is 0 Å². The van der Waals surface area contributed by atoms with Crippen molar-refractivity contribution in [1.82, 2.24) is 4.90 Å². The Labute approximate surface area is 120 Å². The van der Waals surface area contributed by atoms with E-state index >= 15 is 0 Å². The van der Waals surface area contributed by atoms with Gasteiger partial charge in [-0.2, -0.15) is 0 Å². The monoisotopic (exact) mass is 278 g/mol. The summed E-state index contributed by atoms with van der Waals surface area (Å²) < 4.78 is 0. The predicted molar refractivity (Wildman–Crippen MR) is 81.3 cm³/mol. The van der Waals surface area contributed by atoms with Crippen LogP contribution in [-0.2, 0) is 6.54 Å². The van der Waals surface area contributed by atoms with Gasteiger partial charge in [0.15, 0.2) is 0 Å². The second kappa shape index (κ2) is 5.72. The molecule has 1 aromatic rings. The summed E-state index contributed by atoms with van der Waals surface area (Å²) >= 11 is 6.32. The molecule has 2 unspecified atom stereocenters. The number of nitrogens with two attached hydrogens (primary N) is 1. The summed E-state index contributed by atoms with van der Waals surface area (Å²) in [5.41, 5.74) is 7.75. The van der Waals surface area contributed by atoms with E-state index in [0.29, 0.717) is 0 Å². The van der Waals surface area contributed by atoms with Gasteiger partial charge in [0, 0.05) is 23.3 Å². The highest BCUT2D eigenvalue weighted by Crippen LogP contribution is 2.36. The Morgan fingerprint density at radius 3 is 2.79 bits per heavy atom. The summed E-state index contributed by atoms with van der Waals surface area (Å²) in [6.07, 6.45) is 8.39. The predicted octanol–water partition coefficient (Wildman–Crippen LogP) is 4.08. The van der Waals surface area contributed by atoms with Crippen LogP contribution in [0.5, 0.6) is 0 Å². The lowest BCUT2D eigenvalue weighted by Gasteiger charge is -2.44. The van der Waals surface area contributed by atoms with Crippen molar-refractivity contribution in [3.63, 3.8) is 0 Å². The summed E-state index contributed by atoms with van der Waals surface area (Å²) in [4.78, 5) is 2.66. The van der Waals surface area contributed by atoms with Gasteiger partial charge in [-0.05, 0) is 55.8 Å². The fraction of sp³-hybridized carbons (Fsp3) is 0.625. The third-order valence-corrected chi connectivity index (χ3v) is 5.16. The Bertz CT molecular complexity index is 444. The third kappa shape index (κ3) is 2.90. The molecule has 2 aliphatic rings. The lowest BCUT2D eigenvalue weighted by molar-refractivity contribution is 0.0547. The highest BCUT2D eigenvalue weighted by molar-refractivity contribution is 6.31. The number of nitrogens with zero attached hydrogens (tertiary/aromatic N) is 1. The highest BCUT2D eigenvalue weighted by Gasteiger charge is 2.33. The van der Waals surface area contributed by atoms with Crippen molar-refractivity contribution in [2.75, 3.05) is 12.3 Å². The summed E-state index contributed by atoms with van der Waals surface area (Å²) in [7, 11) is 0. The van der Waals surface area contributed by atoms with Crippen molar-refractivity contribution in [2.45, 2.75) is 51.1 Å². The molecular weight excluding hydrogens is 256 g/mol. The van der Waals surface area contributed by atoms with Crippen LogP contribution in [0.25, 0.3) is 0 Å². The van der Waals surface area contributed by atoms with Gasteiger partial charge in [0.2, 0.25) is 0 Å². The van der Waals surface area contributed by atoms with Crippen LogP contribution in [0.4, 0.5) is 5.69 Å². The molecule has 2 nitrogen and oxygen atoms in total. The maximum absolute atomic E-state index is 6.32. The minimum atomic E-state index is 0.753. The van der Waals surface area contributed by atoms with Crippen LogP contribution in [-0.4, -0.2) is 17.5 Å². The highest BCUT2D eigenvalue weighted by atomic mass is 35.5. The molecule has 0 bridgehead atoms. The molecule has 1 saturated carbocycles. The quantitative estimate of drug-likeness (QED) is 0.826. The molecule has 0 spiro atoms. The number of nitrogen functional groups attached to an aromatic ring is 1. The van der Waals surface area contributed by atoms with Gasteiger partial charge in [-0.3, -0.25) is 4.90 Å². The molecule has 1 saturated heterocycles. The fourth-order valence-corrected chi connectivity index (χ4v) is 4.08. The molecule has 1 aliphatic heterocycles. The third-order valence-electron chi connectivity index (χ3n) is 4.81. The summed E-state index contributed by atoms with van der Waals surface area (Å²) in [6, 6.07) is 6.71. The second-order valence-electron chi connectivity index (χ2n) is 6.08. The van der Waals surface area contributed by atoms with E-state index in [-0.39, 0.29) is 0 Å². The molecular formula is C16H23ClN2. The van der Waals surface area contributed by atoms with Crippen LogP contribution >= 0.6 is 11.6 Å². The molecule has 0 aromatic heterocycles. The molecule has 3 heteroatoms. The van der Waals surface area contributed by atoms with Gasteiger partial charge in [-0.25, -0.2) is 0 Å². The standard InChI is InChI=1S/C16H23ClN2/c17-15-10-14(18)8-7-13(15)11-19-9-3-5-12-4-1-2-6-16(12)19/h7-8,10,12,16H,1-6,9,11,18H2. The number of halogens is 1. The molecule has 19 heavy (non-hydrogen) atoms. The number of benzene rings is 1. The SMILES string of the molecule is Nc1ccc(CN2CCCC3CCCCC32)c(Cl)c1. The number of piperidine rings is 1. The zero-order valence-electron chi connectivity index (χ0n) is 11.4. The molecule has 1 aromatic carbocycles. The molecule has 2 atom stereocenters. The first-order valence-corrected chi connectivity index (χ1v) is 7.90. The van der Waals surface area contributed by atoms with Gasteiger partial charge in [0.25, 0.3) is 0 Å². The molecule has 1 heterocycles. The van der Waals surface area contributed by atoms with E-state index < -0.39 is 0 Å². The Hall–Kier alpha value is -0.730. The summed E-state index contributed by atoms with van der Waals surface area (Å²) in [6.45, 7) is 2.21. The van der Waals surface area contributed by atoms with Crippen LogP contribution in [0.15, 0.2) is 18.2 Å². The first kappa shape index (κ1) is 13.3. The van der Waals surface area contributed by atoms with Gasteiger partial charge >= 0.3 is 0 Å². The number of hydrogen-bond acceptors (Lipinski definition) is 2. The van der Waals surface area contributed by atoms with E-state index in [9.17, 15) is 0 Å². The number of anilines is 1. The lowest BCUT2D eigenvalue weighted by atomic mass is 9.78. The maximum atomic E-state index is 6.32. The van der Waals surface area contributed by atoms with Crippen molar-refractivity contribution in [1.29, 1.82) is 0 Å². The number of rotatable bonds is 2. The minimum Gasteiger partial charge on any atom is -0.399 e. The van der Waals surface area contributed by atoms with Gasteiger partial charge in [-0.1, -0.05) is 30.5 Å². The molecule has 104 valence electrons. The van der Waals surface area contributed by atoms with Crippen LogP contribution < -0.4 is 5.73 Å². The zero-order valence-corrected chi connectivity index (χ0v) is 12.2. The summed E-state index contributed by atoms with van der Waals surface area (Å²) in [5.74, 6) is 0.926. The smallest absolute Gasteiger partial charge is 0.0471 e. The Morgan fingerprint density at radius 1 is 1.16 bits per heavy atom. The molecule has 1 aliphatic carbocycles. The normalized spacial score (nSPS) is 28.1. The van der Waals surface area contributed by atoms with Crippen LogP contribution in [0.2, 0.25) is 5.02 Å². The maximum Gasteiger partial charge on any atom is 0.0471 e. The van der Waals surface area contributed by atoms with Gasteiger partial charge < -0.3 is 5.73 Å². The average Bonchev–Trinajstić information content (AvgIpc) is 2.42.